The van der Waals surface area contributed by atoms with Crippen LogP contribution in [0.15, 0.2) is 47.4 Å². The third-order valence-corrected chi connectivity index (χ3v) is 7.22. The van der Waals surface area contributed by atoms with Crippen molar-refractivity contribution >= 4 is 21.6 Å². The van der Waals surface area contributed by atoms with Crippen LogP contribution in [0, 0.1) is 25.2 Å². The van der Waals surface area contributed by atoms with E-state index in [-0.39, 0.29) is 36.2 Å². The van der Waals surface area contributed by atoms with E-state index in [0.29, 0.717) is 11.4 Å². The minimum absolute atomic E-state index is 0.0115. The number of hydrogen-bond donors (Lipinski definition) is 0. The number of anilines is 1. The molecule has 0 radical (unpaired) electrons. The first-order valence-electron chi connectivity index (χ1n) is 9.98. The predicted molar refractivity (Wildman–Crippen MR) is 121 cm³/mol. The van der Waals surface area contributed by atoms with Gasteiger partial charge in [-0.15, -0.1) is 0 Å². The van der Waals surface area contributed by atoms with Gasteiger partial charge in [0.1, 0.15) is 5.75 Å². The number of benzene rings is 2. The van der Waals surface area contributed by atoms with E-state index in [9.17, 15) is 13.2 Å². The maximum atomic E-state index is 13.5. The van der Waals surface area contributed by atoms with Gasteiger partial charge < -0.3 is 9.64 Å². The molecular formula is C23H29N3O4S. The van der Waals surface area contributed by atoms with Gasteiger partial charge in [0.15, 0.2) is 0 Å². The van der Waals surface area contributed by atoms with Crippen LogP contribution in [0.5, 0.6) is 5.75 Å². The molecule has 0 fully saturated rings. The lowest BCUT2D eigenvalue weighted by atomic mass is 10.1. The Bertz CT molecular complexity index is 1060. The SMILES string of the molecule is COc1ccc(N(CCC(=O)N(C)C(C)CC#N)S(=O)(=O)c2ccc(C)c(C)c2)cc1. The molecule has 0 saturated heterocycles. The first-order valence-corrected chi connectivity index (χ1v) is 11.4. The standard InChI is InChI=1S/C23H29N3O4S/c1-17-6-11-22(16-18(17)2)31(28,29)26(20-7-9-21(30-5)10-8-20)15-13-23(27)25(4)19(3)12-14-24/h6-11,16,19H,12-13,15H2,1-5H3. The van der Waals surface area contributed by atoms with Crippen LogP contribution < -0.4 is 9.04 Å². The molecule has 2 aromatic carbocycles. The zero-order valence-corrected chi connectivity index (χ0v) is 19.4. The van der Waals surface area contributed by atoms with Crippen molar-refractivity contribution in [1.82, 2.24) is 4.90 Å². The number of carbonyl (C=O) groups excluding carboxylic acids is 1. The van der Waals surface area contributed by atoms with Gasteiger partial charge in [0.25, 0.3) is 10.0 Å². The van der Waals surface area contributed by atoms with E-state index < -0.39 is 10.0 Å². The van der Waals surface area contributed by atoms with Crippen molar-refractivity contribution in [3.8, 4) is 11.8 Å². The summed E-state index contributed by atoms with van der Waals surface area (Å²) in [6, 6.07) is 13.5. The summed E-state index contributed by atoms with van der Waals surface area (Å²) < 4.78 is 33.4. The highest BCUT2D eigenvalue weighted by atomic mass is 32.2. The number of aryl methyl sites for hydroxylation is 2. The smallest absolute Gasteiger partial charge is 0.264 e. The summed E-state index contributed by atoms with van der Waals surface area (Å²) in [5, 5.41) is 8.87. The Hall–Kier alpha value is -3.05. The molecule has 7 nitrogen and oxygen atoms in total. The van der Waals surface area contributed by atoms with Gasteiger partial charge in [-0.25, -0.2) is 8.42 Å². The van der Waals surface area contributed by atoms with Crippen LogP contribution >= 0.6 is 0 Å². The lowest BCUT2D eigenvalue weighted by molar-refractivity contribution is -0.131. The lowest BCUT2D eigenvalue weighted by Crippen LogP contribution is -2.39. The molecule has 1 atom stereocenters. The Morgan fingerprint density at radius 2 is 1.77 bits per heavy atom. The zero-order chi connectivity index (χ0) is 23.2. The average molecular weight is 444 g/mol. The Labute approximate surface area is 184 Å². The summed E-state index contributed by atoms with van der Waals surface area (Å²) in [4.78, 5) is 14.3. The number of hydrogen-bond acceptors (Lipinski definition) is 5. The van der Waals surface area contributed by atoms with Gasteiger partial charge in [-0.05, 0) is 68.3 Å². The highest BCUT2D eigenvalue weighted by Gasteiger charge is 2.27. The molecule has 2 rings (SSSR count). The summed E-state index contributed by atoms with van der Waals surface area (Å²) in [6.07, 6.45) is 0.202. The molecule has 31 heavy (non-hydrogen) atoms. The fourth-order valence-electron chi connectivity index (χ4n) is 3.03. The van der Waals surface area contributed by atoms with Crippen molar-refractivity contribution in [3.05, 3.63) is 53.6 Å². The Morgan fingerprint density at radius 1 is 1.13 bits per heavy atom. The monoisotopic (exact) mass is 443 g/mol. The highest BCUT2D eigenvalue weighted by molar-refractivity contribution is 7.92. The summed E-state index contributed by atoms with van der Waals surface area (Å²) in [7, 11) is -0.733. The van der Waals surface area contributed by atoms with Crippen LogP contribution in [0.25, 0.3) is 0 Å². The molecule has 0 bridgehead atoms. The Kier molecular flexibility index (Phi) is 8.06. The van der Waals surface area contributed by atoms with Crippen LogP contribution in [-0.2, 0) is 14.8 Å². The van der Waals surface area contributed by atoms with Gasteiger partial charge in [0.05, 0.1) is 30.2 Å². The predicted octanol–water partition coefficient (Wildman–Crippen LogP) is 3.66. The number of ether oxygens (including phenoxy) is 1. The van der Waals surface area contributed by atoms with Gasteiger partial charge in [0.2, 0.25) is 5.91 Å². The maximum absolute atomic E-state index is 13.5. The summed E-state index contributed by atoms with van der Waals surface area (Å²) in [5.74, 6) is 0.380. The quantitative estimate of drug-likeness (QED) is 0.590. The third-order valence-electron chi connectivity index (χ3n) is 5.40. The van der Waals surface area contributed by atoms with Crippen molar-refractivity contribution in [2.24, 2.45) is 0 Å². The normalized spacial score (nSPS) is 12.0. The molecule has 0 saturated carbocycles. The molecule has 1 unspecified atom stereocenters. The van der Waals surface area contributed by atoms with E-state index in [1.807, 2.05) is 19.9 Å². The van der Waals surface area contributed by atoms with Gasteiger partial charge in [-0.1, -0.05) is 6.07 Å². The first kappa shape index (κ1) is 24.2. The van der Waals surface area contributed by atoms with Crippen LogP contribution in [0.1, 0.15) is 30.9 Å². The molecule has 0 heterocycles. The average Bonchev–Trinajstić information content (AvgIpc) is 2.75. The van der Waals surface area contributed by atoms with Crippen molar-refractivity contribution < 1.29 is 17.9 Å². The second kappa shape index (κ2) is 10.3. The fraction of sp³-hybridized carbons (Fsp3) is 0.391. The number of methoxy groups -OCH3 is 1. The molecule has 2 aromatic rings. The van der Waals surface area contributed by atoms with E-state index in [4.69, 9.17) is 10.00 Å². The molecule has 0 aliphatic carbocycles. The van der Waals surface area contributed by atoms with Gasteiger partial charge in [-0.3, -0.25) is 9.10 Å². The van der Waals surface area contributed by atoms with Crippen LogP contribution in [0.2, 0.25) is 0 Å². The van der Waals surface area contributed by atoms with E-state index >= 15 is 0 Å². The maximum Gasteiger partial charge on any atom is 0.264 e. The second-order valence-corrected chi connectivity index (χ2v) is 9.35. The fourth-order valence-corrected chi connectivity index (χ4v) is 4.58. The van der Waals surface area contributed by atoms with E-state index in [1.54, 1.807) is 56.4 Å². The lowest BCUT2D eigenvalue weighted by Gasteiger charge is -2.27. The molecule has 0 spiro atoms. The van der Waals surface area contributed by atoms with E-state index in [2.05, 4.69) is 0 Å². The molecule has 166 valence electrons. The number of carbonyl (C=O) groups is 1. The topological polar surface area (TPSA) is 90.7 Å². The van der Waals surface area contributed by atoms with Crippen molar-refractivity contribution in [3.63, 3.8) is 0 Å². The molecular weight excluding hydrogens is 414 g/mol. The number of sulfonamides is 1. The molecule has 0 aliphatic heterocycles. The zero-order valence-electron chi connectivity index (χ0n) is 18.6. The number of nitrogens with zero attached hydrogens (tertiary/aromatic N) is 3. The van der Waals surface area contributed by atoms with E-state index in [1.165, 1.54) is 16.3 Å². The highest BCUT2D eigenvalue weighted by Crippen LogP contribution is 2.27. The number of rotatable bonds is 9. The Balaban J connectivity index is 2.37. The molecule has 0 N–H and O–H groups in total. The van der Waals surface area contributed by atoms with E-state index in [0.717, 1.165) is 11.1 Å². The number of nitriles is 1. The largest absolute Gasteiger partial charge is 0.497 e. The first-order chi connectivity index (χ1) is 14.6. The van der Waals surface area contributed by atoms with Gasteiger partial charge >= 0.3 is 0 Å². The van der Waals surface area contributed by atoms with Crippen molar-refractivity contribution in [2.45, 2.75) is 44.6 Å². The number of amides is 1. The minimum atomic E-state index is -3.90. The molecule has 8 heteroatoms. The third kappa shape index (κ3) is 5.76. The molecule has 1 amide bonds. The van der Waals surface area contributed by atoms with Crippen LogP contribution in [0.4, 0.5) is 5.69 Å². The van der Waals surface area contributed by atoms with Gasteiger partial charge in [-0.2, -0.15) is 5.26 Å². The minimum Gasteiger partial charge on any atom is -0.497 e. The summed E-state index contributed by atoms with van der Waals surface area (Å²) in [5.41, 5.74) is 2.31. The van der Waals surface area contributed by atoms with Gasteiger partial charge in [0, 0.05) is 26.1 Å². The summed E-state index contributed by atoms with van der Waals surface area (Å²) in [6.45, 7) is 5.54. The van der Waals surface area contributed by atoms with Crippen molar-refractivity contribution in [2.75, 3.05) is 25.0 Å². The molecule has 0 aliphatic rings. The van der Waals surface area contributed by atoms with Crippen LogP contribution in [-0.4, -0.2) is 46.0 Å². The molecule has 0 aromatic heterocycles. The summed E-state index contributed by atoms with van der Waals surface area (Å²) >= 11 is 0. The second-order valence-electron chi connectivity index (χ2n) is 7.49. The van der Waals surface area contributed by atoms with Crippen molar-refractivity contribution in [1.29, 1.82) is 5.26 Å². The van der Waals surface area contributed by atoms with Crippen LogP contribution in [0.3, 0.4) is 0 Å². The Morgan fingerprint density at radius 3 is 2.32 bits per heavy atom.